The average Bonchev–Trinajstić information content (AvgIpc) is 2.60. The normalized spacial score (nSPS) is 17.0. The molecule has 0 saturated carbocycles. The minimum atomic E-state index is 0.0773. The molecule has 1 aromatic heterocycles. The van der Waals surface area contributed by atoms with Crippen molar-refractivity contribution in [1.82, 2.24) is 15.2 Å². The molecular weight excluding hydrogens is 290 g/mol. The van der Waals surface area contributed by atoms with Crippen molar-refractivity contribution in [3.05, 3.63) is 30.1 Å². The van der Waals surface area contributed by atoms with E-state index in [9.17, 15) is 4.79 Å². The number of carbonyl (C=O) groups is 1. The zero-order chi connectivity index (χ0) is 16.5. The maximum absolute atomic E-state index is 12.3. The number of hydrogen-bond acceptors (Lipinski definition) is 3. The van der Waals surface area contributed by atoms with Gasteiger partial charge in [0, 0.05) is 25.3 Å². The first-order valence-corrected chi connectivity index (χ1v) is 8.79. The largest absolute Gasteiger partial charge is 0.372 e. The summed E-state index contributed by atoms with van der Waals surface area (Å²) in [4.78, 5) is 18.5. The number of ether oxygens (including phenoxy) is 1. The van der Waals surface area contributed by atoms with E-state index >= 15 is 0 Å². The molecular formula is C18H29N3O2. The number of likely N-dealkylation sites (tertiary alicyclic amines) is 1. The van der Waals surface area contributed by atoms with E-state index < -0.39 is 0 Å². The molecule has 1 aliphatic heterocycles. The van der Waals surface area contributed by atoms with Gasteiger partial charge in [-0.05, 0) is 37.8 Å². The molecule has 2 rings (SSSR count). The molecule has 23 heavy (non-hydrogen) atoms. The molecule has 0 aliphatic carbocycles. The van der Waals surface area contributed by atoms with Gasteiger partial charge >= 0.3 is 6.03 Å². The Labute approximate surface area is 139 Å². The second-order valence-corrected chi connectivity index (χ2v) is 6.16. The van der Waals surface area contributed by atoms with Crippen molar-refractivity contribution in [2.75, 3.05) is 13.1 Å². The molecule has 0 aromatic carbocycles. The highest BCUT2D eigenvalue weighted by atomic mass is 16.5. The summed E-state index contributed by atoms with van der Waals surface area (Å²) >= 11 is 0. The van der Waals surface area contributed by atoms with Crippen molar-refractivity contribution in [3.63, 3.8) is 0 Å². The SMILES string of the molecule is CCCC(CC)NC(=O)N1CCC(OCc2ccccn2)CC1. The lowest BCUT2D eigenvalue weighted by molar-refractivity contribution is 0.00287. The highest BCUT2D eigenvalue weighted by Crippen LogP contribution is 2.15. The summed E-state index contributed by atoms with van der Waals surface area (Å²) in [6.45, 7) is 6.35. The Morgan fingerprint density at radius 1 is 1.39 bits per heavy atom. The summed E-state index contributed by atoms with van der Waals surface area (Å²) in [6.07, 6.45) is 6.93. The van der Waals surface area contributed by atoms with Gasteiger partial charge in [0.25, 0.3) is 0 Å². The fourth-order valence-electron chi connectivity index (χ4n) is 2.91. The molecule has 0 spiro atoms. The molecule has 1 aliphatic rings. The van der Waals surface area contributed by atoms with E-state index in [1.165, 1.54) is 0 Å². The van der Waals surface area contributed by atoms with Crippen LogP contribution in [0.25, 0.3) is 0 Å². The molecule has 1 fully saturated rings. The Kier molecular flexibility index (Phi) is 7.33. The van der Waals surface area contributed by atoms with Crippen molar-refractivity contribution >= 4 is 6.03 Å². The quantitative estimate of drug-likeness (QED) is 0.838. The lowest BCUT2D eigenvalue weighted by atomic mass is 10.1. The third kappa shape index (κ3) is 5.82. The van der Waals surface area contributed by atoms with Crippen LogP contribution in [0.5, 0.6) is 0 Å². The summed E-state index contributed by atoms with van der Waals surface area (Å²) in [5.74, 6) is 0. The molecule has 5 nitrogen and oxygen atoms in total. The Hall–Kier alpha value is -1.62. The maximum Gasteiger partial charge on any atom is 0.317 e. The van der Waals surface area contributed by atoms with Gasteiger partial charge in [-0.2, -0.15) is 0 Å². The first kappa shape index (κ1) is 17.7. The van der Waals surface area contributed by atoms with E-state index in [4.69, 9.17) is 4.74 Å². The molecule has 2 heterocycles. The van der Waals surface area contributed by atoms with Gasteiger partial charge in [-0.15, -0.1) is 0 Å². The van der Waals surface area contributed by atoms with Gasteiger partial charge in [-0.3, -0.25) is 4.98 Å². The Morgan fingerprint density at radius 3 is 2.78 bits per heavy atom. The summed E-state index contributed by atoms with van der Waals surface area (Å²) < 4.78 is 5.92. The van der Waals surface area contributed by atoms with Crippen molar-refractivity contribution in [1.29, 1.82) is 0 Å². The summed E-state index contributed by atoms with van der Waals surface area (Å²) in [5.41, 5.74) is 0.957. The number of aromatic nitrogens is 1. The van der Waals surface area contributed by atoms with Crippen molar-refractivity contribution in [2.45, 2.75) is 64.7 Å². The molecule has 1 saturated heterocycles. The Morgan fingerprint density at radius 2 is 2.17 bits per heavy atom. The smallest absolute Gasteiger partial charge is 0.317 e. The molecule has 1 aromatic rings. The first-order valence-electron chi connectivity index (χ1n) is 8.79. The van der Waals surface area contributed by atoms with Gasteiger partial charge in [0.2, 0.25) is 0 Å². The number of amides is 2. The Bertz CT molecular complexity index is 459. The molecule has 0 radical (unpaired) electrons. The molecule has 1 unspecified atom stereocenters. The van der Waals surface area contributed by atoms with E-state index in [0.29, 0.717) is 12.6 Å². The van der Waals surface area contributed by atoms with Gasteiger partial charge < -0.3 is 15.0 Å². The van der Waals surface area contributed by atoms with Crippen LogP contribution in [0.1, 0.15) is 51.6 Å². The van der Waals surface area contributed by atoms with Gasteiger partial charge in [-0.25, -0.2) is 4.79 Å². The lowest BCUT2D eigenvalue weighted by Crippen LogP contribution is -2.48. The minimum absolute atomic E-state index is 0.0773. The predicted molar refractivity (Wildman–Crippen MR) is 91.1 cm³/mol. The van der Waals surface area contributed by atoms with Crippen LogP contribution in [0.15, 0.2) is 24.4 Å². The van der Waals surface area contributed by atoms with Gasteiger partial charge in [0.1, 0.15) is 0 Å². The number of nitrogens with one attached hydrogen (secondary N) is 1. The summed E-state index contributed by atoms with van der Waals surface area (Å²) in [6, 6.07) is 6.22. The molecule has 5 heteroatoms. The molecule has 2 amide bonds. The number of pyridine rings is 1. The molecule has 1 atom stereocenters. The zero-order valence-electron chi connectivity index (χ0n) is 14.3. The van der Waals surface area contributed by atoms with E-state index in [2.05, 4.69) is 24.1 Å². The summed E-state index contributed by atoms with van der Waals surface area (Å²) in [7, 11) is 0. The number of hydrogen-bond donors (Lipinski definition) is 1. The van der Waals surface area contributed by atoms with Crippen LogP contribution in [0.4, 0.5) is 4.79 Å². The third-order valence-electron chi connectivity index (χ3n) is 4.38. The number of nitrogens with zero attached hydrogens (tertiary/aromatic N) is 2. The zero-order valence-corrected chi connectivity index (χ0v) is 14.3. The van der Waals surface area contributed by atoms with Gasteiger partial charge in [0.05, 0.1) is 18.4 Å². The van der Waals surface area contributed by atoms with E-state index in [-0.39, 0.29) is 12.1 Å². The number of urea groups is 1. The van der Waals surface area contributed by atoms with Gasteiger partial charge in [-0.1, -0.05) is 26.3 Å². The van der Waals surface area contributed by atoms with E-state index in [1.807, 2.05) is 23.1 Å². The van der Waals surface area contributed by atoms with Gasteiger partial charge in [0.15, 0.2) is 0 Å². The van der Waals surface area contributed by atoms with Crippen molar-refractivity contribution in [2.24, 2.45) is 0 Å². The van der Waals surface area contributed by atoms with Crippen LogP contribution in [0.3, 0.4) is 0 Å². The number of rotatable bonds is 7. The van der Waals surface area contributed by atoms with Crippen molar-refractivity contribution < 1.29 is 9.53 Å². The fourth-order valence-corrected chi connectivity index (χ4v) is 2.91. The second kappa shape index (κ2) is 9.50. The highest BCUT2D eigenvalue weighted by Gasteiger charge is 2.24. The maximum atomic E-state index is 12.3. The van der Waals surface area contributed by atoms with E-state index in [0.717, 1.165) is 50.9 Å². The molecule has 0 bridgehead atoms. The topological polar surface area (TPSA) is 54.5 Å². The lowest BCUT2D eigenvalue weighted by Gasteiger charge is -2.33. The average molecular weight is 319 g/mol. The molecule has 128 valence electrons. The Balaban J connectivity index is 1.69. The van der Waals surface area contributed by atoms with Crippen LogP contribution in [0, 0.1) is 0 Å². The minimum Gasteiger partial charge on any atom is -0.372 e. The standard InChI is InChI=1S/C18H29N3O2/c1-3-7-15(4-2)20-18(22)21-12-9-17(10-13-21)23-14-16-8-5-6-11-19-16/h5-6,8,11,15,17H,3-4,7,9-10,12-14H2,1-2H3,(H,20,22). The monoisotopic (exact) mass is 319 g/mol. The van der Waals surface area contributed by atoms with Crippen LogP contribution in [0.2, 0.25) is 0 Å². The fraction of sp³-hybridized carbons (Fsp3) is 0.667. The van der Waals surface area contributed by atoms with Crippen LogP contribution in [-0.2, 0) is 11.3 Å². The summed E-state index contributed by atoms with van der Waals surface area (Å²) in [5, 5.41) is 3.15. The first-order chi connectivity index (χ1) is 11.2. The second-order valence-electron chi connectivity index (χ2n) is 6.16. The van der Waals surface area contributed by atoms with Crippen molar-refractivity contribution in [3.8, 4) is 0 Å². The molecule has 1 N–H and O–H groups in total. The highest BCUT2D eigenvalue weighted by molar-refractivity contribution is 5.74. The number of carbonyl (C=O) groups excluding carboxylic acids is 1. The van der Waals surface area contributed by atoms with Crippen LogP contribution >= 0.6 is 0 Å². The third-order valence-corrected chi connectivity index (χ3v) is 4.38. The predicted octanol–water partition coefficient (Wildman–Crippen LogP) is 3.35. The van der Waals surface area contributed by atoms with Crippen LogP contribution < -0.4 is 5.32 Å². The van der Waals surface area contributed by atoms with Crippen LogP contribution in [-0.4, -0.2) is 41.2 Å². The van der Waals surface area contributed by atoms with E-state index in [1.54, 1.807) is 6.20 Å². The number of piperidine rings is 1.